The van der Waals surface area contributed by atoms with Crippen molar-refractivity contribution in [2.24, 2.45) is 0 Å². The van der Waals surface area contributed by atoms with E-state index in [1.807, 2.05) is 0 Å². The van der Waals surface area contributed by atoms with Gasteiger partial charge in [-0.15, -0.1) is 0 Å². The van der Waals surface area contributed by atoms with Crippen molar-refractivity contribution in [1.29, 1.82) is 5.41 Å². The third-order valence-corrected chi connectivity index (χ3v) is 4.42. The molecule has 10 heteroatoms. The number of aromatic nitrogens is 1. The molecule has 31 heavy (non-hydrogen) atoms. The van der Waals surface area contributed by atoms with Crippen molar-refractivity contribution in [1.82, 2.24) is 10.3 Å². The van der Waals surface area contributed by atoms with Crippen LogP contribution < -0.4 is 16.0 Å². The molecule has 0 aliphatic rings. The van der Waals surface area contributed by atoms with Crippen LogP contribution in [0, 0.1) is 17.0 Å². The fraction of sp³-hybridized carbons (Fsp3) is 0.0476. The zero-order valence-electron chi connectivity index (χ0n) is 16.1. The van der Waals surface area contributed by atoms with Crippen LogP contribution in [0.3, 0.4) is 0 Å². The Labute approximate surface area is 181 Å². The molecule has 1 aromatic heterocycles. The standard InChI is InChI=1S/C21H16ClF2N5O2/c1-26-19(25)11-2-5-14(16(24)8-11)20(30)28-17-6-4-13(23)9-15(17)21(31)29-18-7-3-12(22)10-27-18/h2-10H,1H3,(H2,25,26)(H,28,30)(H,27,29,31). The van der Waals surface area contributed by atoms with Crippen LogP contribution in [0.25, 0.3) is 0 Å². The Morgan fingerprint density at radius 1 is 0.968 bits per heavy atom. The van der Waals surface area contributed by atoms with E-state index in [0.29, 0.717) is 5.02 Å². The van der Waals surface area contributed by atoms with Gasteiger partial charge in [0.1, 0.15) is 23.3 Å². The summed E-state index contributed by atoms with van der Waals surface area (Å²) < 4.78 is 28.2. The lowest BCUT2D eigenvalue weighted by Gasteiger charge is -2.12. The predicted octanol–water partition coefficient (Wildman–Crippen LogP) is 4.06. The number of halogens is 3. The van der Waals surface area contributed by atoms with Crippen LogP contribution in [0.15, 0.2) is 54.7 Å². The van der Waals surface area contributed by atoms with Gasteiger partial charge in [-0.25, -0.2) is 13.8 Å². The Morgan fingerprint density at radius 2 is 1.71 bits per heavy atom. The van der Waals surface area contributed by atoms with Gasteiger partial charge < -0.3 is 16.0 Å². The first-order chi connectivity index (χ1) is 14.8. The number of benzene rings is 2. The van der Waals surface area contributed by atoms with Crippen molar-refractivity contribution >= 4 is 40.8 Å². The molecule has 4 N–H and O–H groups in total. The number of pyridine rings is 1. The van der Waals surface area contributed by atoms with Crippen molar-refractivity contribution in [3.05, 3.63) is 88.1 Å². The molecular weight excluding hydrogens is 428 g/mol. The average Bonchev–Trinajstić information content (AvgIpc) is 2.75. The van der Waals surface area contributed by atoms with Gasteiger partial charge in [0.2, 0.25) is 0 Å². The third-order valence-electron chi connectivity index (χ3n) is 4.20. The van der Waals surface area contributed by atoms with Crippen LogP contribution in [0.5, 0.6) is 0 Å². The van der Waals surface area contributed by atoms with Crippen molar-refractivity contribution in [2.75, 3.05) is 17.7 Å². The van der Waals surface area contributed by atoms with Crippen molar-refractivity contribution in [3.8, 4) is 0 Å². The van der Waals surface area contributed by atoms with Gasteiger partial charge in [0.05, 0.1) is 21.8 Å². The molecule has 1 heterocycles. The number of amides is 2. The van der Waals surface area contributed by atoms with Gasteiger partial charge in [0.25, 0.3) is 11.8 Å². The second-order valence-corrected chi connectivity index (χ2v) is 6.72. The fourth-order valence-electron chi connectivity index (χ4n) is 2.64. The molecule has 2 aromatic carbocycles. The van der Waals surface area contributed by atoms with Crippen molar-refractivity contribution < 1.29 is 18.4 Å². The van der Waals surface area contributed by atoms with Crippen molar-refractivity contribution in [2.45, 2.75) is 0 Å². The third kappa shape index (κ3) is 5.20. The first-order valence-electron chi connectivity index (χ1n) is 8.88. The van der Waals surface area contributed by atoms with E-state index in [9.17, 15) is 18.4 Å². The minimum absolute atomic E-state index is 0.0147. The lowest BCUT2D eigenvalue weighted by atomic mass is 10.1. The first kappa shape index (κ1) is 21.8. The number of anilines is 2. The number of hydrogen-bond donors (Lipinski definition) is 4. The molecule has 0 spiro atoms. The summed E-state index contributed by atoms with van der Waals surface area (Å²) in [7, 11) is 1.52. The molecule has 0 atom stereocenters. The Balaban J connectivity index is 1.85. The van der Waals surface area contributed by atoms with E-state index in [0.717, 1.165) is 18.2 Å². The molecule has 3 rings (SSSR count). The largest absolute Gasteiger partial charge is 0.373 e. The highest BCUT2D eigenvalue weighted by Crippen LogP contribution is 2.21. The van der Waals surface area contributed by atoms with Crippen LogP contribution in [0.4, 0.5) is 20.3 Å². The highest BCUT2D eigenvalue weighted by Gasteiger charge is 2.19. The summed E-state index contributed by atoms with van der Waals surface area (Å²) in [6.07, 6.45) is 1.33. The molecule has 0 saturated heterocycles. The van der Waals surface area contributed by atoms with E-state index in [-0.39, 0.29) is 34.0 Å². The van der Waals surface area contributed by atoms with E-state index in [2.05, 4.69) is 20.9 Å². The highest BCUT2D eigenvalue weighted by molar-refractivity contribution is 6.30. The van der Waals surface area contributed by atoms with E-state index in [1.54, 1.807) is 0 Å². The number of nitrogens with zero attached hydrogens (tertiary/aromatic N) is 1. The van der Waals surface area contributed by atoms with Gasteiger partial charge >= 0.3 is 0 Å². The van der Waals surface area contributed by atoms with Crippen molar-refractivity contribution in [3.63, 3.8) is 0 Å². The van der Waals surface area contributed by atoms with Gasteiger partial charge in [-0.1, -0.05) is 17.7 Å². The Kier molecular flexibility index (Phi) is 6.56. The summed E-state index contributed by atoms with van der Waals surface area (Å²) in [5.74, 6) is -2.97. The maximum atomic E-state index is 14.4. The smallest absolute Gasteiger partial charge is 0.259 e. The van der Waals surface area contributed by atoms with Gasteiger partial charge in [-0.05, 0) is 42.5 Å². The summed E-state index contributed by atoms with van der Waals surface area (Å²) >= 11 is 5.76. The SMILES string of the molecule is CNC(=N)c1ccc(C(=O)Nc2ccc(F)cc2C(=O)Nc2ccc(Cl)cn2)c(F)c1. The molecule has 3 aromatic rings. The maximum absolute atomic E-state index is 14.4. The van der Waals surface area contributed by atoms with Crippen LogP contribution in [0.2, 0.25) is 5.02 Å². The summed E-state index contributed by atoms with van der Waals surface area (Å²) in [5.41, 5.74) is -0.250. The molecular formula is C21H16ClF2N5O2. The molecule has 0 aliphatic heterocycles. The molecule has 7 nitrogen and oxygen atoms in total. The predicted molar refractivity (Wildman–Crippen MR) is 114 cm³/mol. The Hall–Kier alpha value is -3.85. The van der Waals surface area contributed by atoms with Crippen LogP contribution >= 0.6 is 11.6 Å². The fourth-order valence-corrected chi connectivity index (χ4v) is 2.75. The van der Waals surface area contributed by atoms with Crippen LogP contribution in [-0.2, 0) is 0 Å². The zero-order valence-corrected chi connectivity index (χ0v) is 16.8. The maximum Gasteiger partial charge on any atom is 0.259 e. The summed E-state index contributed by atoms with van der Waals surface area (Å²) in [6, 6.07) is 9.82. The molecule has 2 amide bonds. The monoisotopic (exact) mass is 443 g/mol. The number of rotatable bonds is 5. The quantitative estimate of drug-likeness (QED) is 0.352. The Bertz CT molecular complexity index is 1170. The minimum atomic E-state index is -0.853. The van der Waals surface area contributed by atoms with E-state index in [1.165, 1.54) is 43.6 Å². The zero-order chi connectivity index (χ0) is 22.5. The van der Waals surface area contributed by atoms with E-state index >= 15 is 0 Å². The van der Waals surface area contributed by atoms with E-state index < -0.39 is 23.4 Å². The number of carbonyl (C=O) groups is 2. The minimum Gasteiger partial charge on any atom is -0.373 e. The molecule has 0 aliphatic carbocycles. The molecule has 158 valence electrons. The number of hydrogen-bond acceptors (Lipinski definition) is 4. The van der Waals surface area contributed by atoms with Crippen LogP contribution in [-0.4, -0.2) is 29.7 Å². The normalized spacial score (nSPS) is 10.3. The summed E-state index contributed by atoms with van der Waals surface area (Å²) in [6.45, 7) is 0. The highest BCUT2D eigenvalue weighted by atomic mass is 35.5. The van der Waals surface area contributed by atoms with Gasteiger partial charge in [0, 0.05) is 18.8 Å². The lowest BCUT2D eigenvalue weighted by Crippen LogP contribution is -2.21. The first-order valence-corrected chi connectivity index (χ1v) is 9.26. The molecule has 0 saturated carbocycles. The summed E-state index contributed by atoms with van der Waals surface area (Å²) in [5, 5.41) is 15.5. The number of carbonyl (C=O) groups excluding carboxylic acids is 2. The van der Waals surface area contributed by atoms with Gasteiger partial charge in [-0.3, -0.25) is 15.0 Å². The average molecular weight is 444 g/mol. The van der Waals surface area contributed by atoms with Gasteiger partial charge in [-0.2, -0.15) is 0 Å². The molecule has 0 fully saturated rings. The summed E-state index contributed by atoms with van der Waals surface area (Å²) in [4.78, 5) is 29.1. The molecule has 0 unspecified atom stereocenters. The second-order valence-electron chi connectivity index (χ2n) is 6.28. The molecule has 0 bridgehead atoms. The second kappa shape index (κ2) is 9.31. The van der Waals surface area contributed by atoms with Gasteiger partial charge in [0.15, 0.2) is 0 Å². The Morgan fingerprint density at radius 3 is 2.35 bits per heavy atom. The van der Waals surface area contributed by atoms with Crippen LogP contribution in [0.1, 0.15) is 26.3 Å². The topological polar surface area (TPSA) is 107 Å². The number of nitrogens with one attached hydrogen (secondary N) is 4. The number of amidine groups is 1. The molecule has 0 radical (unpaired) electrons. The van der Waals surface area contributed by atoms with E-state index in [4.69, 9.17) is 17.0 Å². The lowest BCUT2D eigenvalue weighted by molar-refractivity contribution is 0.102.